The first-order valence-electron chi connectivity index (χ1n) is 11.3. The van der Waals surface area contributed by atoms with Crippen molar-refractivity contribution < 1.29 is 28.6 Å². The fourth-order valence-corrected chi connectivity index (χ4v) is 2.54. The predicted octanol–water partition coefficient (Wildman–Crippen LogP) is 1.18. The third-order valence-electron chi connectivity index (χ3n) is 4.45. The van der Waals surface area contributed by atoms with E-state index < -0.39 is 5.41 Å². The summed E-state index contributed by atoms with van der Waals surface area (Å²) < 4.78 is 17.1. The second-order valence-electron chi connectivity index (χ2n) is 8.12. The van der Waals surface area contributed by atoms with Crippen molar-refractivity contribution in [2.75, 3.05) is 59.3 Å². The van der Waals surface area contributed by atoms with Crippen LogP contribution in [0.25, 0.3) is 0 Å². The standard InChI is InChI=1S/C22H43N3O6/c1-4-5-11-24-20(27)8-14-30-17-22(3,16-29-13-7-19(2)26)18-31-15-9-21(28)25-12-6-10-23/h4-18,23H2,1-3H3,(H,24,27)(H,25,28). The van der Waals surface area contributed by atoms with Crippen LogP contribution in [-0.2, 0) is 28.6 Å². The normalized spacial score (nSPS) is 12.9. The molecule has 0 aromatic rings. The van der Waals surface area contributed by atoms with Gasteiger partial charge in [-0.2, -0.15) is 0 Å². The highest BCUT2D eigenvalue weighted by molar-refractivity contribution is 5.76. The lowest BCUT2D eigenvalue weighted by Crippen LogP contribution is -2.36. The molecule has 0 heterocycles. The molecule has 9 nitrogen and oxygen atoms in total. The number of ether oxygens (including phenoxy) is 3. The average molecular weight is 446 g/mol. The Morgan fingerprint density at radius 2 is 1.26 bits per heavy atom. The van der Waals surface area contributed by atoms with E-state index >= 15 is 0 Å². The molecule has 1 atom stereocenters. The second kappa shape index (κ2) is 19.2. The van der Waals surface area contributed by atoms with Gasteiger partial charge in [-0.15, -0.1) is 0 Å². The Labute approximate surface area is 187 Å². The van der Waals surface area contributed by atoms with Crippen LogP contribution in [-0.4, -0.2) is 76.9 Å². The first-order chi connectivity index (χ1) is 14.8. The molecule has 4 N–H and O–H groups in total. The average Bonchev–Trinajstić information content (AvgIpc) is 2.72. The highest BCUT2D eigenvalue weighted by Gasteiger charge is 2.26. The molecule has 9 heteroatoms. The molecule has 0 aliphatic rings. The molecule has 0 aromatic carbocycles. The molecule has 0 fully saturated rings. The van der Waals surface area contributed by atoms with E-state index in [1.54, 1.807) is 0 Å². The van der Waals surface area contributed by atoms with Gasteiger partial charge in [-0.1, -0.05) is 20.3 Å². The van der Waals surface area contributed by atoms with Gasteiger partial charge in [-0.05, 0) is 26.3 Å². The number of carbonyl (C=O) groups excluding carboxylic acids is 3. The van der Waals surface area contributed by atoms with Gasteiger partial charge in [0.25, 0.3) is 0 Å². The number of rotatable bonds is 21. The van der Waals surface area contributed by atoms with Crippen LogP contribution < -0.4 is 16.4 Å². The molecule has 0 bridgehead atoms. The van der Waals surface area contributed by atoms with Crippen LogP contribution in [0.1, 0.15) is 59.3 Å². The molecule has 1 unspecified atom stereocenters. The number of hydrogen-bond donors (Lipinski definition) is 3. The number of Topliss-reactive ketones (excluding diaryl/α,β-unsaturated/α-hetero) is 1. The molecular formula is C22H43N3O6. The topological polar surface area (TPSA) is 129 Å². The first kappa shape index (κ1) is 29.5. The molecule has 0 saturated heterocycles. The summed E-state index contributed by atoms with van der Waals surface area (Å²) in [4.78, 5) is 34.6. The molecule has 0 aliphatic carbocycles. The van der Waals surface area contributed by atoms with Crippen molar-refractivity contribution in [3.05, 3.63) is 0 Å². The molecule has 0 spiro atoms. The zero-order chi connectivity index (χ0) is 23.4. The van der Waals surface area contributed by atoms with Crippen molar-refractivity contribution in [1.82, 2.24) is 10.6 Å². The summed E-state index contributed by atoms with van der Waals surface area (Å²) in [5.74, 6) is -0.0214. The summed E-state index contributed by atoms with van der Waals surface area (Å²) in [5, 5.41) is 5.65. The number of nitrogens with one attached hydrogen (secondary N) is 2. The van der Waals surface area contributed by atoms with Crippen LogP contribution in [0.15, 0.2) is 0 Å². The number of hydrogen-bond acceptors (Lipinski definition) is 7. The lowest BCUT2D eigenvalue weighted by atomic mass is 9.94. The largest absolute Gasteiger partial charge is 0.380 e. The number of ketones is 1. The van der Waals surface area contributed by atoms with Gasteiger partial charge >= 0.3 is 0 Å². The van der Waals surface area contributed by atoms with E-state index in [1.807, 2.05) is 6.92 Å². The van der Waals surface area contributed by atoms with E-state index in [0.29, 0.717) is 65.5 Å². The Morgan fingerprint density at radius 3 is 1.68 bits per heavy atom. The zero-order valence-electron chi connectivity index (χ0n) is 19.6. The van der Waals surface area contributed by atoms with Crippen molar-refractivity contribution in [1.29, 1.82) is 0 Å². The van der Waals surface area contributed by atoms with Gasteiger partial charge in [-0.25, -0.2) is 0 Å². The third-order valence-corrected chi connectivity index (χ3v) is 4.45. The molecule has 31 heavy (non-hydrogen) atoms. The predicted molar refractivity (Wildman–Crippen MR) is 120 cm³/mol. The van der Waals surface area contributed by atoms with Crippen molar-refractivity contribution in [3.63, 3.8) is 0 Å². The van der Waals surface area contributed by atoms with E-state index in [2.05, 4.69) is 17.6 Å². The number of carbonyl (C=O) groups is 3. The molecular weight excluding hydrogens is 402 g/mol. The van der Waals surface area contributed by atoms with Crippen LogP contribution >= 0.6 is 0 Å². The van der Waals surface area contributed by atoms with Gasteiger partial charge in [0.15, 0.2) is 0 Å². The van der Waals surface area contributed by atoms with E-state index in [4.69, 9.17) is 19.9 Å². The summed E-state index contributed by atoms with van der Waals surface area (Å²) in [6.45, 7) is 9.33. The SMILES string of the molecule is CCCCNC(=O)CCOCC(C)(COCCC(C)=O)COCCC(=O)NCCCN. The minimum absolute atomic E-state index is 0.0234. The monoisotopic (exact) mass is 445 g/mol. The summed E-state index contributed by atoms with van der Waals surface area (Å²) in [7, 11) is 0. The van der Waals surface area contributed by atoms with Gasteiger partial charge < -0.3 is 30.6 Å². The fourth-order valence-electron chi connectivity index (χ4n) is 2.54. The number of amides is 2. The van der Waals surface area contributed by atoms with Gasteiger partial charge in [0.2, 0.25) is 11.8 Å². The maximum absolute atomic E-state index is 11.8. The molecule has 0 radical (unpaired) electrons. The highest BCUT2D eigenvalue weighted by Crippen LogP contribution is 2.19. The Kier molecular flexibility index (Phi) is 18.2. The molecule has 0 saturated carbocycles. The maximum Gasteiger partial charge on any atom is 0.222 e. The Hall–Kier alpha value is -1.55. The van der Waals surface area contributed by atoms with Gasteiger partial charge in [-0.3, -0.25) is 14.4 Å². The van der Waals surface area contributed by atoms with Gasteiger partial charge in [0, 0.05) is 37.8 Å². The Bertz CT molecular complexity index is 472. The summed E-state index contributed by atoms with van der Waals surface area (Å²) >= 11 is 0. The highest BCUT2D eigenvalue weighted by atomic mass is 16.5. The molecule has 2 amide bonds. The quantitative estimate of drug-likeness (QED) is 0.226. The van der Waals surface area contributed by atoms with Crippen LogP contribution in [0.4, 0.5) is 0 Å². The summed E-state index contributed by atoms with van der Waals surface area (Å²) in [5.41, 5.74) is 4.95. The molecule has 0 aromatic heterocycles. The number of nitrogens with two attached hydrogens (primary N) is 1. The maximum atomic E-state index is 11.8. The molecule has 182 valence electrons. The van der Waals surface area contributed by atoms with Crippen molar-refractivity contribution >= 4 is 17.6 Å². The van der Waals surface area contributed by atoms with Crippen LogP contribution in [0.3, 0.4) is 0 Å². The smallest absolute Gasteiger partial charge is 0.222 e. The van der Waals surface area contributed by atoms with Gasteiger partial charge in [0.1, 0.15) is 5.78 Å². The van der Waals surface area contributed by atoms with Crippen molar-refractivity contribution in [2.24, 2.45) is 11.1 Å². The minimum Gasteiger partial charge on any atom is -0.380 e. The van der Waals surface area contributed by atoms with E-state index in [9.17, 15) is 14.4 Å². The lowest BCUT2D eigenvalue weighted by molar-refractivity contribution is -0.123. The summed E-state index contributed by atoms with van der Waals surface area (Å²) in [6, 6.07) is 0. The van der Waals surface area contributed by atoms with E-state index in [1.165, 1.54) is 6.92 Å². The van der Waals surface area contributed by atoms with Crippen LogP contribution in [0, 0.1) is 5.41 Å². The molecule has 0 rings (SSSR count). The lowest BCUT2D eigenvalue weighted by Gasteiger charge is -2.29. The second-order valence-corrected chi connectivity index (χ2v) is 8.12. The Balaban J connectivity index is 4.30. The molecule has 0 aliphatic heterocycles. The number of unbranched alkanes of at least 4 members (excludes halogenated alkanes) is 1. The summed E-state index contributed by atoms with van der Waals surface area (Å²) in [6.07, 6.45) is 3.67. The zero-order valence-corrected chi connectivity index (χ0v) is 19.6. The van der Waals surface area contributed by atoms with E-state index in [-0.39, 0.29) is 30.6 Å². The Morgan fingerprint density at radius 1 is 0.806 bits per heavy atom. The van der Waals surface area contributed by atoms with Gasteiger partial charge in [0.05, 0.1) is 39.6 Å². The van der Waals surface area contributed by atoms with Crippen LogP contribution in [0.5, 0.6) is 0 Å². The third kappa shape index (κ3) is 18.9. The van der Waals surface area contributed by atoms with Crippen molar-refractivity contribution in [3.8, 4) is 0 Å². The van der Waals surface area contributed by atoms with Crippen LogP contribution in [0.2, 0.25) is 0 Å². The van der Waals surface area contributed by atoms with E-state index in [0.717, 1.165) is 19.3 Å². The minimum atomic E-state index is -0.453. The fraction of sp³-hybridized carbons (Fsp3) is 0.864. The van der Waals surface area contributed by atoms with Crippen molar-refractivity contribution in [2.45, 2.75) is 59.3 Å². The first-order valence-corrected chi connectivity index (χ1v) is 11.3.